The zero-order valence-electron chi connectivity index (χ0n) is 7.57. The molecule has 2 N–H and O–H groups in total. The van der Waals surface area contributed by atoms with Crippen molar-refractivity contribution in [3.05, 3.63) is 0 Å². The van der Waals surface area contributed by atoms with Gasteiger partial charge in [-0.3, -0.25) is 14.0 Å². The Kier molecular flexibility index (Phi) is 3.47. The lowest BCUT2D eigenvalue weighted by atomic mass is 10.8. The SMILES string of the molecule is CN(C)C(NS(=O)(=O)O)=[N+](C)C. The van der Waals surface area contributed by atoms with E-state index in [0.717, 1.165) is 0 Å². The molecule has 0 aromatic heterocycles. The van der Waals surface area contributed by atoms with Crippen LogP contribution in [0.15, 0.2) is 0 Å². The van der Waals surface area contributed by atoms with E-state index in [4.69, 9.17) is 4.55 Å². The summed E-state index contributed by atoms with van der Waals surface area (Å²) in [6, 6.07) is 0. The monoisotopic (exact) mass is 196 g/mol. The first-order valence-corrected chi connectivity index (χ1v) is 4.65. The van der Waals surface area contributed by atoms with Crippen molar-refractivity contribution in [3.63, 3.8) is 0 Å². The summed E-state index contributed by atoms with van der Waals surface area (Å²) in [7, 11) is 2.46. The topological polar surface area (TPSA) is 72.7 Å². The van der Waals surface area contributed by atoms with Crippen molar-refractivity contribution in [2.24, 2.45) is 0 Å². The van der Waals surface area contributed by atoms with E-state index < -0.39 is 10.3 Å². The van der Waals surface area contributed by atoms with Gasteiger partial charge in [-0.25, -0.2) is 0 Å². The van der Waals surface area contributed by atoms with Crippen LogP contribution >= 0.6 is 0 Å². The fraction of sp³-hybridized carbons (Fsp3) is 0.800. The van der Waals surface area contributed by atoms with E-state index in [-0.39, 0.29) is 5.96 Å². The Bertz CT molecular complexity index is 276. The first-order valence-electron chi connectivity index (χ1n) is 3.21. The molecule has 7 heteroatoms. The molecule has 0 rings (SSSR count). The van der Waals surface area contributed by atoms with Gasteiger partial charge < -0.3 is 0 Å². The summed E-state index contributed by atoms with van der Waals surface area (Å²) in [5.41, 5.74) is 0. The van der Waals surface area contributed by atoms with Gasteiger partial charge in [-0.2, -0.15) is 8.42 Å². The van der Waals surface area contributed by atoms with Crippen molar-refractivity contribution >= 4 is 16.3 Å². The Balaban J connectivity index is 4.72. The normalized spacial score (nSPS) is 10.8. The van der Waals surface area contributed by atoms with Crippen molar-refractivity contribution in [2.75, 3.05) is 28.2 Å². The van der Waals surface area contributed by atoms with E-state index in [0.29, 0.717) is 0 Å². The molecule has 0 aliphatic carbocycles. The van der Waals surface area contributed by atoms with E-state index in [1.165, 1.54) is 9.48 Å². The highest BCUT2D eigenvalue weighted by Crippen LogP contribution is 1.81. The van der Waals surface area contributed by atoms with Crippen molar-refractivity contribution in [1.82, 2.24) is 9.62 Å². The maximum absolute atomic E-state index is 10.4. The van der Waals surface area contributed by atoms with E-state index in [1.807, 2.05) is 4.72 Å². The van der Waals surface area contributed by atoms with Crippen LogP contribution in [0.2, 0.25) is 0 Å². The summed E-state index contributed by atoms with van der Waals surface area (Å²) in [6.45, 7) is 0. The maximum Gasteiger partial charge on any atom is 0.410 e. The van der Waals surface area contributed by atoms with Gasteiger partial charge in [0.15, 0.2) is 0 Å². The second-order valence-corrected chi connectivity index (χ2v) is 3.84. The molecule has 0 aromatic rings. The summed E-state index contributed by atoms with van der Waals surface area (Å²) in [4.78, 5) is 1.54. The summed E-state index contributed by atoms with van der Waals surface area (Å²) >= 11 is 0. The first-order chi connectivity index (χ1) is 5.24. The highest BCUT2D eigenvalue weighted by Gasteiger charge is 2.18. The molecule has 0 spiro atoms. The van der Waals surface area contributed by atoms with Crippen LogP contribution in [0.5, 0.6) is 0 Å². The lowest BCUT2D eigenvalue weighted by Crippen LogP contribution is -2.44. The van der Waals surface area contributed by atoms with Gasteiger partial charge >= 0.3 is 16.3 Å². The lowest BCUT2D eigenvalue weighted by molar-refractivity contribution is -0.471. The van der Waals surface area contributed by atoms with Gasteiger partial charge in [0, 0.05) is 0 Å². The quantitative estimate of drug-likeness (QED) is 0.233. The Hall–Kier alpha value is -0.820. The summed E-state index contributed by atoms with van der Waals surface area (Å²) in [6.07, 6.45) is 0. The number of hydrogen-bond donors (Lipinski definition) is 2. The summed E-state index contributed by atoms with van der Waals surface area (Å²) < 4.78 is 32.8. The van der Waals surface area contributed by atoms with Gasteiger partial charge in [0.05, 0.1) is 28.2 Å². The van der Waals surface area contributed by atoms with Crippen molar-refractivity contribution in [1.29, 1.82) is 0 Å². The molecule has 0 bridgehead atoms. The third-order valence-electron chi connectivity index (χ3n) is 1.07. The minimum atomic E-state index is -4.18. The number of nitrogens with one attached hydrogen (secondary N) is 1. The van der Waals surface area contributed by atoms with Gasteiger partial charge in [-0.15, -0.1) is 4.72 Å². The summed E-state index contributed by atoms with van der Waals surface area (Å²) in [5, 5.41) is 0. The molecular formula is C5H14N3O3S+. The molecule has 0 saturated carbocycles. The molecular weight excluding hydrogens is 182 g/mol. The van der Waals surface area contributed by atoms with Crippen molar-refractivity contribution in [2.45, 2.75) is 0 Å². The van der Waals surface area contributed by atoms with Crippen LogP contribution in [-0.2, 0) is 10.3 Å². The molecule has 0 aliphatic heterocycles. The van der Waals surface area contributed by atoms with E-state index in [1.54, 1.807) is 28.2 Å². The van der Waals surface area contributed by atoms with Gasteiger partial charge in [0.25, 0.3) is 0 Å². The molecule has 0 unspecified atom stereocenters. The van der Waals surface area contributed by atoms with Crippen molar-refractivity contribution < 1.29 is 17.5 Å². The Morgan fingerprint density at radius 2 is 1.83 bits per heavy atom. The Labute approximate surface area is 72.4 Å². The van der Waals surface area contributed by atoms with E-state index in [2.05, 4.69) is 0 Å². The van der Waals surface area contributed by atoms with Gasteiger partial charge in [0.2, 0.25) is 0 Å². The van der Waals surface area contributed by atoms with E-state index >= 15 is 0 Å². The predicted molar refractivity (Wildman–Crippen MR) is 45.5 cm³/mol. The summed E-state index contributed by atoms with van der Waals surface area (Å²) in [5.74, 6) is 0.289. The third-order valence-corrected chi connectivity index (χ3v) is 1.51. The second kappa shape index (κ2) is 3.72. The molecule has 72 valence electrons. The van der Waals surface area contributed by atoms with Gasteiger partial charge in [-0.1, -0.05) is 0 Å². The molecule has 0 aliphatic rings. The maximum atomic E-state index is 10.4. The highest BCUT2D eigenvalue weighted by molar-refractivity contribution is 7.84. The average Bonchev–Trinajstić information content (AvgIpc) is 1.79. The van der Waals surface area contributed by atoms with Gasteiger partial charge in [-0.05, 0) is 0 Å². The lowest BCUT2D eigenvalue weighted by Gasteiger charge is -2.10. The minimum absolute atomic E-state index is 0.289. The molecule has 0 saturated heterocycles. The van der Waals surface area contributed by atoms with Crippen LogP contribution in [0, 0.1) is 0 Å². The molecule has 0 atom stereocenters. The smallest absolute Gasteiger partial charge is 0.269 e. The molecule has 0 fully saturated rings. The second-order valence-electron chi connectivity index (χ2n) is 2.69. The van der Waals surface area contributed by atoms with Crippen LogP contribution in [0.3, 0.4) is 0 Å². The third kappa shape index (κ3) is 4.14. The predicted octanol–water partition coefficient (Wildman–Crippen LogP) is -1.43. The minimum Gasteiger partial charge on any atom is -0.269 e. The Morgan fingerprint density at radius 3 is 1.92 bits per heavy atom. The fourth-order valence-corrected chi connectivity index (χ4v) is 1.29. The average molecular weight is 196 g/mol. The van der Waals surface area contributed by atoms with Crippen LogP contribution < -0.4 is 4.72 Å². The molecule has 0 amide bonds. The highest BCUT2D eigenvalue weighted by atomic mass is 32.2. The van der Waals surface area contributed by atoms with Crippen molar-refractivity contribution in [3.8, 4) is 0 Å². The number of hydrogen-bond acceptors (Lipinski definition) is 2. The molecule has 0 aromatic carbocycles. The Morgan fingerprint density at radius 1 is 1.42 bits per heavy atom. The molecule has 0 heterocycles. The van der Waals surface area contributed by atoms with Gasteiger partial charge in [0.1, 0.15) is 0 Å². The fourth-order valence-electron chi connectivity index (χ4n) is 0.698. The molecule has 0 radical (unpaired) electrons. The van der Waals surface area contributed by atoms with Crippen LogP contribution in [0.1, 0.15) is 0 Å². The first kappa shape index (κ1) is 11.2. The molecule has 12 heavy (non-hydrogen) atoms. The van der Waals surface area contributed by atoms with Crippen LogP contribution in [-0.4, -0.2) is 56.6 Å². The zero-order chi connectivity index (χ0) is 9.94. The number of rotatable bonds is 1. The number of nitrogens with zero attached hydrogens (tertiary/aromatic N) is 2. The zero-order valence-corrected chi connectivity index (χ0v) is 8.38. The largest absolute Gasteiger partial charge is 0.410 e. The van der Waals surface area contributed by atoms with E-state index in [9.17, 15) is 8.42 Å². The number of guanidine groups is 1. The van der Waals surface area contributed by atoms with Crippen LogP contribution in [0.25, 0.3) is 0 Å². The standard InChI is InChI=1S/C5H13N3O3S/c1-7(2)5(8(3)4)6-12(9,10)11/h1-4H3,(H,9,10,11)/p+1. The van der Waals surface area contributed by atoms with Crippen LogP contribution in [0.4, 0.5) is 0 Å². The molecule has 6 nitrogen and oxygen atoms in total.